The lowest BCUT2D eigenvalue weighted by molar-refractivity contribution is -0.121. The molecule has 5 heteroatoms. The van der Waals surface area contributed by atoms with Crippen LogP contribution in [0.5, 0.6) is 5.75 Å². The molecule has 5 nitrogen and oxygen atoms in total. The Morgan fingerprint density at radius 3 is 2.35 bits per heavy atom. The van der Waals surface area contributed by atoms with Crippen molar-refractivity contribution in [2.45, 2.75) is 20.0 Å². The van der Waals surface area contributed by atoms with Crippen LogP contribution in [0.1, 0.15) is 29.3 Å². The van der Waals surface area contributed by atoms with Crippen LogP contribution < -0.4 is 15.6 Å². The third kappa shape index (κ3) is 4.39. The second-order valence-electron chi connectivity index (χ2n) is 5.85. The Kier molecular flexibility index (Phi) is 5.49. The van der Waals surface area contributed by atoms with Crippen molar-refractivity contribution in [2.24, 2.45) is 0 Å². The van der Waals surface area contributed by atoms with Crippen LogP contribution in [-0.2, 0) is 11.4 Å². The monoisotopic (exact) mass is 348 g/mol. The van der Waals surface area contributed by atoms with Crippen LogP contribution in [0.2, 0.25) is 0 Å². The number of hydrazine groups is 1. The quantitative estimate of drug-likeness (QED) is 0.693. The predicted octanol–water partition coefficient (Wildman–Crippen LogP) is 3.59. The van der Waals surface area contributed by atoms with Gasteiger partial charge < -0.3 is 4.74 Å². The van der Waals surface area contributed by atoms with Crippen molar-refractivity contribution in [1.82, 2.24) is 10.9 Å². The highest BCUT2D eigenvalue weighted by Crippen LogP contribution is 2.21. The topological polar surface area (TPSA) is 67.4 Å². The summed E-state index contributed by atoms with van der Waals surface area (Å²) in [5.41, 5.74) is 6.14. The van der Waals surface area contributed by atoms with Gasteiger partial charge >= 0.3 is 0 Å². The molecule has 26 heavy (non-hydrogen) atoms. The predicted molar refractivity (Wildman–Crippen MR) is 101 cm³/mol. The largest absolute Gasteiger partial charge is 0.489 e. The maximum atomic E-state index is 11.9. The minimum Gasteiger partial charge on any atom is -0.489 e. The number of carbonyl (C=O) groups excluding carboxylic acids is 2. The maximum absolute atomic E-state index is 11.9. The Labute approximate surface area is 152 Å². The number of benzene rings is 3. The number of hydrogen-bond acceptors (Lipinski definition) is 3. The van der Waals surface area contributed by atoms with E-state index in [-0.39, 0.29) is 11.8 Å². The molecule has 3 aromatic carbocycles. The molecule has 0 saturated carbocycles. The standard InChI is InChI=1S/C21H20N2O3/c1-2-20(24)22-23-21(25)17-9-7-15(8-10-17)14-26-19-12-11-16-5-3-4-6-18(16)13-19/h3-13H,2,14H2,1H3,(H,22,24)(H,23,25). The zero-order valence-corrected chi connectivity index (χ0v) is 14.5. The van der Waals surface area contributed by atoms with Gasteiger partial charge in [-0.05, 0) is 40.6 Å². The van der Waals surface area contributed by atoms with E-state index in [4.69, 9.17) is 4.74 Å². The lowest BCUT2D eigenvalue weighted by Crippen LogP contribution is -2.41. The van der Waals surface area contributed by atoms with Gasteiger partial charge in [-0.3, -0.25) is 20.4 Å². The van der Waals surface area contributed by atoms with Crippen molar-refractivity contribution in [3.63, 3.8) is 0 Å². The number of rotatable bonds is 5. The van der Waals surface area contributed by atoms with Gasteiger partial charge in [0, 0.05) is 12.0 Å². The molecule has 0 heterocycles. The summed E-state index contributed by atoms with van der Waals surface area (Å²) in [4.78, 5) is 23.1. The first kappa shape index (κ1) is 17.5. The SMILES string of the molecule is CCC(=O)NNC(=O)c1ccc(COc2ccc3ccccc3c2)cc1. The Morgan fingerprint density at radius 2 is 1.62 bits per heavy atom. The van der Waals surface area contributed by atoms with Crippen LogP contribution in [0.15, 0.2) is 66.7 Å². The summed E-state index contributed by atoms with van der Waals surface area (Å²) in [5, 5.41) is 2.30. The molecule has 0 saturated heterocycles. The molecule has 3 aromatic rings. The summed E-state index contributed by atoms with van der Waals surface area (Å²) in [6.45, 7) is 2.12. The minimum atomic E-state index is -0.353. The second-order valence-corrected chi connectivity index (χ2v) is 5.85. The zero-order valence-electron chi connectivity index (χ0n) is 14.5. The molecule has 2 N–H and O–H groups in total. The van der Waals surface area contributed by atoms with E-state index in [0.29, 0.717) is 18.6 Å². The van der Waals surface area contributed by atoms with Crippen LogP contribution in [0, 0.1) is 0 Å². The third-order valence-corrected chi connectivity index (χ3v) is 3.98. The fraction of sp³-hybridized carbons (Fsp3) is 0.143. The fourth-order valence-electron chi connectivity index (χ4n) is 2.46. The molecular formula is C21H20N2O3. The van der Waals surface area contributed by atoms with E-state index in [1.807, 2.05) is 48.5 Å². The molecule has 0 aromatic heterocycles. The minimum absolute atomic E-state index is 0.237. The smallest absolute Gasteiger partial charge is 0.269 e. The number of amides is 2. The summed E-state index contributed by atoms with van der Waals surface area (Å²) >= 11 is 0. The first-order valence-corrected chi connectivity index (χ1v) is 8.45. The van der Waals surface area contributed by atoms with Crippen LogP contribution in [-0.4, -0.2) is 11.8 Å². The Hall–Kier alpha value is -3.34. The molecule has 0 radical (unpaired) electrons. The highest BCUT2D eigenvalue weighted by molar-refractivity contribution is 5.95. The molecule has 0 atom stereocenters. The molecule has 132 valence electrons. The second kappa shape index (κ2) is 8.16. The van der Waals surface area contributed by atoms with Crippen molar-refractivity contribution in [2.75, 3.05) is 0 Å². The summed E-state index contributed by atoms with van der Waals surface area (Å²) in [6, 6.07) is 21.2. The van der Waals surface area contributed by atoms with Crippen molar-refractivity contribution in [3.05, 3.63) is 77.9 Å². The molecule has 3 rings (SSSR count). The number of hydrogen-bond donors (Lipinski definition) is 2. The van der Waals surface area contributed by atoms with Gasteiger partial charge in [0.2, 0.25) is 5.91 Å². The summed E-state index contributed by atoms with van der Waals surface area (Å²) < 4.78 is 5.84. The first-order chi connectivity index (χ1) is 12.7. The maximum Gasteiger partial charge on any atom is 0.269 e. The van der Waals surface area contributed by atoms with E-state index in [2.05, 4.69) is 16.9 Å². The van der Waals surface area contributed by atoms with Crippen LogP contribution in [0.3, 0.4) is 0 Å². The van der Waals surface area contributed by atoms with Crippen molar-refractivity contribution in [1.29, 1.82) is 0 Å². The zero-order chi connectivity index (χ0) is 18.4. The highest BCUT2D eigenvalue weighted by atomic mass is 16.5. The molecule has 2 amide bonds. The average molecular weight is 348 g/mol. The van der Waals surface area contributed by atoms with Crippen molar-refractivity contribution < 1.29 is 14.3 Å². The molecular weight excluding hydrogens is 328 g/mol. The first-order valence-electron chi connectivity index (χ1n) is 8.45. The number of ether oxygens (including phenoxy) is 1. The fourth-order valence-corrected chi connectivity index (χ4v) is 2.46. The van der Waals surface area contributed by atoms with Crippen LogP contribution in [0.4, 0.5) is 0 Å². The highest BCUT2D eigenvalue weighted by Gasteiger charge is 2.06. The Bertz CT molecular complexity index is 920. The molecule has 0 aliphatic carbocycles. The summed E-state index contributed by atoms with van der Waals surface area (Å²) in [7, 11) is 0. The number of carbonyl (C=O) groups is 2. The molecule has 0 spiro atoms. The van der Waals surface area contributed by atoms with E-state index in [0.717, 1.165) is 16.7 Å². The number of nitrogens with one attached hydrogen (secondary N) is 2. The van der Waals surface area contributed by atoms with E-state index in [1.54, 1.807) is 19.1 Å². The third-order valence-electron chi connectivity index (χ3n) is 3.98. The van der Waals surface area contributed by atoms with Gasteiger partial charge in [-0.2, -0.15) is 0 Å². The Morgan fingerprint density at radius 1 is 0.885 bits per heavy atom. The van der Waals surface area contributed by atoms with Gasteiger partial charge in [0.05, 0.1) is 0 Å². The van der Waals surface area contributed by atoms with Gasteiger partial charge in [-0.15, -0.1) is 0 Å². The summed E-state index contributed by atoms with van der Waals surface area (Å²) in [6.07, 6.45) is 0.311. The lowest BCUT2D eigenvalue weighted by atomic mass is 10.1. The van der Waals surface area contributed by atoms with Crippen LogP contribution in [0.25, 0.3) is 10.8 Å². The van der Waals surface area contributed by atoms with Gasteiger partial charge in [-0.1, -0.05) is 49.4 Å². The number of fused-ring (bicyclic) bond motifs is 1. The van der Waals surface area contributed by atoms with Crippen molar-refractivity contribution in [3.8, 4) is 5.75 Å². The van der Waals surface area contributed by atoms with E-state index >= 15 is 0 Å². The van der Waals surface area contributed by atoms with Crippen molar-refractivity contribution >= 4 is 22.6 Å². The molecule has 0 unspecified atom stereocenters. The van der Waals surface area contributed by atoms with Gasteiger partial charge in [0.15, 0.2) is 0 Å². The average Bonchev–Trinajstić information content (AvgIpc) is 2.70. The molecule has 0 bridgehead atoms. The van der Waals surface area contributed by atoms with Gasteiger partial charge in [0.25, 0.3) is 5.91 Å². The molecule has 0 fully saturated rings. The molecule has 0 aliphatic rings. The Balaban J connectivity index is 1.58. The normalized spacial score (nSPS) is 10.3. The van der Waals surface area contributed by atoms with Gasteiger partial charge in [-0.25, -0.2) is 0 Å². The van der Waals surface area contributed by atoms with Gasteiger partial charge in [0.1, 0.15) is 12.4 Å². The van der Waals surface area contributed by atoms with E-state index in [9.17, 15) is 9.59 Å². The van der Waals surface area contributed by atoms with E-state index in [1.165, 1.54) is 5.39 Å². The summed E-state index contributed by atoms with van der Waals surface area (Å²) in [5.74, 6) is 0.209. The lowest BCUT2D eigenvalue weighted by Gasteiger charge is -2.09. The van der Waals surface area contributed by atoms with Crippen LogP contribution >= 0.6 is 0 Å². The van der Waals surface area contributed by atoms with E-state index < -0.39 is 0 Å². The molecule has 0 aliphatic heterocycles.